The van der Waals surface area contributed by atoms with Crippen LogP contribution in [0.4, 0.5) is 0 Å². The summed E-state index contributed by atoms with van der Waals surface area (Å²) in [4.78, 5) is 13.5. The first-order valence-electron chi connectivity index (χ1n) is 6.22. The molecule has 1 aromatic carbocycles. The molecule has 0 atom stereocenters. The molecule has 0 aromatic heterocycles. The van der Waals surface area contributed by atoms with Crippen LogP contribution in [0.5, 0.6) is 0 Å². The molecule has 2 N–H and O–H groups in total. The highest BCUT2D eigenvalue weighted by Gasteiger charge is 2.30. The van der Waals surface area contributed by atoms with Crippen molar-refractivity contribution in [1.29, 1.82) is 0 Å². The lowest BCUT2D eigenvalue weighted by molar-refractivity contribution is 0.1000. The average Bonchev–Trinajstić information content (AvgIpc) is 3.10. The van der Waals surface area contributed by atoms with Crippen LogP contribution in [0.25, 0.3) is 0 Å². The fourth-order valence-electron chi connectivity index (χ4n) is 2.12. The van der Waals surface area contributed by atoms with E-state index in [0.29, 0.717) is 11.6 Å². The monoisotopic (exact) mass is 232 g/mol. The van der Waals surface area contributed by atoms with Crippen LogP contribution in [0.1, 0.15) is 42.6 Å². The molecule has 0 radical (unpaired) electrons. The van der Waals surface area contributed by atoms with Crippen LogP contribution in [0.15, 0.2) is 24.3 Å². The summed E-state index contributed by atoms with van der Waals surface area (Å²) in [7, 11) is 0. The van der Waals surface area contributed by atoms with Gasteiger partial charge in [-0.25, -0.2) is 0 Å². The molecule has 17 heavy (non-hydrogen) atoms. The van der Waals surface area contributed by atoms with Crippen LogP contribution in [0, 0.1) is 0 Å². The molecular weight excluding hydrogens is 212 g/mol. The zero-order valence-electron chi connectivity index (χ0n) is 10.5. The minimum absolute atomic E-state index is 0.362. The van der Waals surface area contributed by atoms with Crippen LogP contribution in [-0.2, 0) is 6.54 Å². The van der Waals surface area contributed by atoms with Crippen molar-refractivity contribution < 1.29 is 4.79 Å². The van der Waals surface area contributed by atoms with E-state index in [-0.39, 0.29) is 5.91 Å². The van der Waals surface area contributed by atoms with Gasteiger partial charge in [0.25, 0.3) is 0 Å². The lowest BCUT2D eigenvalue weighted by atomic mass is 10.1. The van der Waals surface area contributed by atoms with Crippen molar-refractivity contribution in [1.82, 2.24) is 4.90 Å². The first-order chi connectivity index (χ1) is 8.08. The number of hydrogen-bond acceptors (Lipinski definition) is 2. The van der Waals surface area contributed by atoms with Gasteiger partial charge < -0.3 is 5.73 Å². The number of rotatable bonds is 5. The van der Waals surface area contributed by atoms with Crippen LogP contribution >= 0.6 is 0 Å². The van der Waals surface area contributed by atoms with Crippen molar-refractivity contribution in [3.05, 3.63) is 35.4 Å². The van der Waals surface area contributed by atoms with E-state index < -0.39 is 0 Å². The molecule has 1 aromatic rings. The fraction of sp³-hybridized carbons (Fsp3) is 0.500. The zero-order chi connectivity index (χ0) is 12.4. The molecule has 1 fully saturated rings. The largest absolute Gasteiger partial charge is 0.366 e. The molecule has 3 heteroatoms. The third-order valence-corrected chi connectivity index (χ3v) is 3.28. The van der Waals surface area contributed by atoms with Gasteiger partial charge in [0.1, 0.15) is 0 Å². The Morgan fingerprint density at radius 3 is 2.35 bits per heavy atom. The number of benzene rings is 1. The van der Waals surface area contributed by atoms with E-state index in [2.05, 4.69) is 18.7 Å². The second kappa shape index (κ2) is 4.88. The summed E-state index contributed by atoms with van der Waals surface area (Å²) in [6.07, 6.45) is 2.63. The van der Waals surface area contributed by atoms with E-state index in [9.17, 15) is 4.79 Å². The van der Waals surface area contributed by atoms with Gasteiger partial charge in [-0.15, -0.1) is 0 Å². The lowest BCUT2D eigenvalue weighted by Gasteiger charge is -2.26. The molecule has 0 saturated heterocycles. The van der Waals surface area contributed by atoms with Gasteiger partial charge in [0, 0.05) is 24.2 Å². The van der Waals surface area contributed by atoms with Crippen LogP contribution < -0.4 is 5.73 Å². The van der Waals surface area contributed by atoms with Gasteiger partial charge in [-0.2, -0.15) is 0 Å². The third-order valence-electron chi connectivity index (χ3n) is 3.28. The number of amides is 1. The van der Waals surface area contributed by atoms with E-state index in [1.807, 2.05) is 24.3 Å². The number of carbonyl (C=O) groups is 1. The first-order valence-corrected chi connectivity index (χ1v) is 6.22. The second-order valence-corrected chi connectivity index (χ2v) is 5.06. The Morgan fingerprint density at radius 1 is 1.35 bits per heavy atom. The Morgan fingerprint density at radius 2 is 1.94 bits per heavy atom. The van der Waals surface area contributed by atoms with Crippen molar-refractivity contribution >= 4 is 5.91 Å². The number of nitrogens with zero attached hydrogens (tertiary/aromatic N) is 1. The topological polar surface area (TPSA) is 46.3 Å². The summed E-state index contributed by atoms with van der Waals surface area (Å²) in [5.74, 6) is -0.362. The minimum atomic E-state index is -0.362. The standard InChI is InChI=1S/C14H20N2O/c1-10(2)16(13-7-8-13)9-11-3-5-12(6-4-11)14(15)17/h3-6,10,13H,7-9H2,1-2H3,(H2,15,17). The van der Waals surface area contributed by atoms with Crippen LogP contribution in [0.3, 0.4) is 0 Å². The van der Waals surface area contributed by atoms with Crippen LogP contribution in [0.2, 0.25) is 0 Å². The van der Waals surface area contributed by atoms with Crippen molar-refractivity contribution in [3.63, 3.8) is 0 Å². The normalized spacial score (nSPS) is 15.5. The van der Waals surface area contributed by atoms with E-state index >= 15 is 0 Å². The van der Waals surface area contributed by atoms with Gasteiger partial charge in [-0.1, -0.05) is 12.1 Å². The van der Waals surface area contributed by atoms with Crippen molar-refractivity contribution in [2.24, 2.45) is 5.73 Å². The first kappa shape index (κ1) is 12.1. The number of primary amides is 1. The summed E-state index contributed by atoms with van der Waals surface area (Å²) < 4.78 is 0. The predicted molar refractivity (Wildman–Crippen MR) is 68.7 cm³/mol. The number of carbonyl (C=O) groups excluding carboxylic acids is 1. The van der Waals surface area contributed by atoms with Gasteiger partial charge in [0.2, 0.25) is 5.91 Å². The quantitative estimate of drug-likeness (QED) is 0.845. The number of hydrogen-bond donors (Lipinski definition) is 1. The Bertz CT molecular complexity index is 391. The molecule has 0 aliphatic heterocycles. The second-order valence-electron chi connectivity index (χ2n) is 5.06. The van der Waals surface area contributed by atoms with E-state index in [1.165, 1.54) is 18.4 Å². The highest BCUT2D eigenvalue weighted by molar-refractivity contribution is 5.92. The Kier molecular flexibility index (Phi) is 3.48. The molecular formula is C14H20N2O. The van der Waals surface area contributed by atoms with E-state index in [1.54, 1.807) is 0 Å². The van der Waals surface area contributed by atoms with Gasteiger partial charge in [-0.3, -0.25) is 9.69 Å². The van der Waals surface area contributed by atoms with Crippen molar-refractivity contribution in [3.8, 4) is 0 Å². The maximum absolute atomic E-state index is 11.0. The molecule has 0 spiro atoms. The van der Waals surface area contributed by atoms with Gasteiger partial charge in [-0.05, 0) is 44.4 Å². The highest BCUT2D eigenvalue weighted by atomic mass is 16.1. The maximum atomic E-state index is 11.0. The molecule has 1 aliphatic rings. The molecule has 1 saturated carbocycles. The molecule has 0 bridgehead atoms. The SMILES string of the molecule is CC(C)N(Cc1ccc(C(N)=O)cc1)C1CC1. The molecule has 0 unspecified atom stereocenters. The predicted octanol–water partition coefficient (Wildman–Crippen LogP) is 2.16. The molecule has 1 amide bonds. The summed E-state index contributed by atoms with van der Waals surface area (Å²) in [6.45, 7) is 5.42. The summed E-state index contributed by atoms with van der Waals surface area (Å²) >= 11 is 0. The fourth-order valence-corrected chi connectivity index (χ4v) is 2.12. The average molecular weight is 232 g/mol. The minimum Gasteiger partial charge on any atom is -0.366 e. The Balaban J connectivity index is 2.04. The summed E-state index contributed by atoms with van der Waals surface area (Å²) in [5.41, 5.74) is 7.05. The van der Waals surface area contributed by atoms with Gasteiger partial charge in [0.05, 0.1) is 0 Å². The van der Waals surface area contributed by atoms with Gasteiger partial charge in [0.15, 0.2) is 0 Å². The maximum Gasteiger partial charge on any atom is 0.248 e. The Hall–Kier alpha value is -1.35. The van der Waals surface area contributed by atoms with Crippen molar-refractivity contribution in [2.45, 2.75) is 45.3 Å². The highest BCUT2D eigenvalue weighted by Crippen LogP contribution is 2.30. The van der Waals surface area contributed by atoms with Gasteiger partial charge >= 0.3 is 0 Å². The van der Waals surface area contributed by atoms with Crippen molar-refractivity contribution in [2.75, 3.05) is 0 Å². The van der Waals surface area contributed by atoms with Crippen LogP contribution in [-0.4, -0.2) is 22.9 Å². The smallest absolute Gasteiger partial charge is 0.248 e. The van der Waals surface area contributed by atoms with E-state index in [4.69, 9.17) is 5.73 Å². The summed E-state index contributed by atoms with van der Waals surface area (Å²) in [5, 5.41) is 0. The lowest BCUT2D eigenvalue weighted by Crippen LogP contribution is -2.32. The summed E-state index contributed by atoms with van der Waals surface area (Å²) in [6, 6.07) is 8.94. The molecule has 1 aliphatic carbocycles. The van der Waals surface area contributed by atoms with E-state index in [0.717, 1.165) is 12.6 Å². The molecule has 0 heterocycles. The molecule has 92 valence electrons. The molecule has 2 rings (SSSR count). The molecule has 3 nitrogen and oxygen atoms in total. The third kappa shape index (κ3) is 3.07. The Labute approximate surface area is 103 Å². The zero-order valence-corrected chi connectivity index (χ0v) is 10.5. The number of nitrogens with two attached hydrogens (primary N) is 1.